The van der Waals surface area contributed by atoms with Gasteiger partial charge in [0.15, 0.2) is 23.1 Å². The van der Waals surface area contributed by atoms with Crippen LogP contribution in [0.5, 0.6) is 0 Å². The smallest absolute Gasteiger partial charge is 0.166 e. The van der Waals surface area contributed by atoms with Gasteiger partial charge in [0.05, 0.1) is 11.0 Å². The zero-order valence-electron chi connectivity index (χ0n) is 34.3. The van der Waals surface area contributed by atoms with Crippen molar-refractivity contribution in [2.24, 2.45) is 0 Å². The van der Waals surface area contributed by atoms with Crippen LogP contribution in [0.15, 0.2) is 211 Å². The lowest BCUT2D eigenvalue weighted by molar-refractivity contribution is 0.666. The highest BCUT2D eigenvalue weighted by atomic mass is 16.3. The van der Waals surface area contributed by atoms with Crippen LogP contribution in [0.1, 0.15) is 0 Å². The molecular formula is C59H34N4O. The maximum atomic E-state index is 7.01. The SMILES string of the molecule is c1ccc2cc(-c3nc(-c4ccc5c(ccc6ccccc65)c4)nc(-c4ccc5c(oc6ccccc65)c4-n4c5cc6ccccc6cc5c5cc6ccccc6cc54)n3)ccc2c1. The number of fused-ring (bicyclic) bond motifs is 12. The largest absolute Gasteiger partial charge is 0.454 e. The first kappa shape index (κ1) is 35.0. The van der Waals surface area contributed by atoms with Gasteiger partial charge in [0.1, 0.15) is 11.3 Å². The number of furan rings is 1. The van der Waals surface area contributed by atoms with Crippen molar-refractivity contribution in [1.29, 1.82) is 0 Å². The van der Waals surface area contributed by atoms with Crippen LogP contribution in [0.2, 0.25) is 0 Å². The van der Waals surface area contributed by atoms with E-state index in [-0.39, 0.29) is 0 Å². The van der Waals surface area contributed by atoms with E-state index in [0.717, 1.165) is 93.1 Å². The van der Waals surface area contributed by atoms with Gasteiger partial charge in [0.2, 0.25) is 0 Å². The van der Waals surface area contributed by atoms with Crippen LogP contribution in [-0.2, 0) is 0 Å². The quantitative estimate of drug-likeness (QED) is 0.166. The van der Waals surface area contributed by atoms with E-state index in [2.05, 4.69) is 199 Å². The average Bonchev–Trinajstić information content (AvgIpc) is 3.88. The van der Waals surface area contributed by atoms with Crippen molar-refractivity contribution in [3.63, 3.8) is 0 Å². The summed E-state index contributed by atoms with van der Waals surface area (Å²) in [5, 5.41) is 16.1. The van der Waals surface area contributed by atoms with Crippen LogP contribution in [-0.4, -0.2) is 19.5 Å². The predicted molar refractivity (Wildman–Crippen MR) is 265 cm³/mol. The Hall–Kier alpha value is -8.67. The summed E-state index contributed by atoms with van der Waals surface area (Å²) < 4.78 is 9.40. The molecule has 296 valence electrons. The highest BCUT2D eigenvalue weighted by Crippen LogP contribution is 2.44. The molecule has 0 N–H and O–H groups in total. The molecule has 0 radical (unpaired) electrons. The third-order valence-electron chi connectivity index (χ3n) is 13.1. The molecule has 3 heterocycles. The van der Waals surface area contributed by atoms with Crippen molar-refractivity contribution in [3.8, 4) is 39.9 Å². The Balaban J connectivity index is 1.11. The van der Waals surface area contributed by atoms with Gasteiger partial charge in [-0.05, 0) is 108 Å². The molecule has 0 saturated heterocycles. The van der Waals surface area contributed by atoms with Gasteiger partial charge in [0, 0.05) is 38.2 Å². The minimum absolute atomic E-state index is 0.556. The number of rotatable bonds is 4. The van der Waals surface area contributed by atoms with Gasteiger partial charge in [-0.15, -0.1) is 0 Å². The van der Waals surface area contributed by atoms with Crippen molar-refractivity contribution in [1.82, 2.24) is 19.5 Å². The van der Waals surface area contributed by atoms with Crippen molar-refractivity contribution < 1.29 is 4.42 Å². The highest BCUT2D eigenvalue weighted by molar-refractivity contribution is 6.19. The van der Waals surface area contributed by atoms with Gasteiger partial charge in [-0.1, -0.05) is 152 Å². The summed E-state index contributed by atoms with van der Waals surface area (Å²) in [6, 6.07) is 73.5. The molecule has 14 aromatic rings. The zero-order valence-corrected chi connectivity index (χ0v) is 34.3. The summed E-state index contributed by atoms with van der Waals surface area (Å²) in [5.41, 5.74) is 7.28. The maximum Gasteiger partial charge on any atom is 0.166 e. The molecule has 14 rings (SSSR count). The molecule has 0 aliphatic rings. The van der Waals surface area contributed by atoms with E-state index in [1.165, 1.54) is 26.9 Å². The summed E-state index contributed by atoms with van der Waals surface area (Å²) in [7, 11) is 0. The zero-order chi connectivity index (χ0) is 41.9. The van der Waals surface area contributed by atoms with Crippen molar-refractivity contribution in [2.75, 3.05) is 0 Å². The summed E-state index contributed by atoms with van der Waals surface area (Å²) in [6.45, 7) is 0. The monoisotopic (exact) mass is 814 g/mol. The fourth-order valence-electron chi connectivity index (χ4n) is 10.0. The lowest BCUT2D eigenvalue weighted by atomic mass is 10.00. The number of aromatic nitrogens is 4. The van der Waals surface area contributed by atoms with Crippen LogP contribution in [0.4, 0.5) is 0 Å². The van der Waals surface area contributed by atoms with Crippen LogP contribution < -0.4 is 0 Å². The molecule has 0 saturated carbocycles. The lowest BCUT2D eigenvalue weighted by Gasteiger charge is -2.16. The molecule has 0 fully saturated rings. The number of hydrogen-bond donors (Lipinski definition) is 0. The second-order valence-corrected chi connectivity index (χ2v) is 16.8. The van der Waals surface area contributed by atoms with Crippen LogP contribution >= 0.6 is 0 Å². The molecule has 11 aromatic carbocycles. The molecule has 0 aliphatic carbocycles. The van der Waals surface area contributed by atoms with E-state index in [0.29, 0.717) is 17.5 Å². The number of hydrogen-bond acceptors (Lipinski definition) is 4. The predicted octanol–water partition coefficient (Wildman–Crippen LogP) is 15.6. The summed E-state index contributed by atoms with van der Waals surface area (Å²) in [5.74, 6) is 1.75. The normalized spacial score (nSPS) is 12.1. The molecule has 0 unspecified atom stereocenters. The minimum Gasteiger partial charge on any atom is -0.454 e. The molecule has 0 spiro atoms. The first-order chi connectivity index (χ1) is 31.7. The highest BCUT2D eigenvalue weighted by Gasteiger charge is 2.25. The van der Waals surface area contributed by atoms with Crippen molar-refractivity contribution in [2.45, 2.75) is 0 Å². The molecule has 0 bridgehead atoms. The van der Waals surface area contributed by atoms with E-state index in [9.17, 15) is 0 Å². The van der Waals surface area contributed by atoms with Gasteiger partial charge in [-0.2, -0.15) is 0 Å². The Morgan fingerprint density at radius 3 is 1.47 bits per heavy atom. The third-order valence-corrected chi connectivity index (χ3v) is 13.1. The Morgan fingerprint density at radius 1 is 0.312 bits per heavy atom. The number of benzene rings is 11. The first-order valence-corrected chi connectivity index (χ1v) is 21.7. The van der Waals surface area contributed by atoms with Crippen molar-refractivity contribution >= 4 is 97.6 Å². The number of nitrogens with zero attached hydrogens (tertiary/aromatic N) is 4. The molecule has 5 heteroatoms. The van der Waals surface area contributed by atoms with Gasteiger partial charge in [0.25, 0.3) is 0 Å². The van der Waals surface area contributed by atoms with E-state index in [1.54, 1.807) is 0 Å². The van der Waals surface area contributed by atoms with E-state index in [4.69, 9.17) is 19.4 Å². The van der Waals surface area contributed by atoms with Crippen LogP contribution in [0, 0.1) is 0 Å². The Kier molecular flexibility index (Phi) is 7.33. The van der Waals surface area contributed by atoms with Gasteiger partial charge < -0.3 is 8.98 Å². The van der Waals surface area contributed by atoms with E-state index >= 15 is 0 Å². The maximum absolute atomic E-state index is 7.01. The Labute approximate surface area is 366 Å². The molecule has 5 nitrogen and oxygen atoms in total. The topological polar surface area (TPSA) is 56.7 Å². The Morgan fingerprint density at radius 2 is 0.781 bits per heavy atom. The lowest BCUT2D eigenvalue weighted by Crippen LogP contribution is -2.04. The third kappa shape index (κ3) is 5.28. The molecule has 0 atom stereocenters. The number of para-hydroxylation sites is 1. The molecule has 3 aromatic heterocycles. The second-order valence-electron chi connectivity index (χ2n) is 16.8. The first-order valence-electron chi connectivity index (χ1n) is 21.7. The second kappa shape index (κ2) is 13.4. The van der Waals surface area contributed by atoms with Crippen LogP contribution in [0.25, 0.3) is 137 Å². The Bertz CT molecular complexity index is 4180. The average molecular weight is 815 g/mol. The van der Waals surface area contributed by atoms with Crippen LogP contribution in [0.3, 0.4) is 0 Å². The standard InChI is InChI=1S/C59H34N4O/c1-2-13-37-29-43(24-21-35(37)11-1)57-60-58(44-25-26-46-42(30-44)23-22-36-12-7-8-18-45(36)46)62-59(61-57)49-28-27-48-47-19-9-10-20-54(47)64-56(48)55(49)63-52-33-40-16-5-3-14-38(40)31-50(52)51-32-39-15-4-6-17-41(39)34-53(51)63/h1-34H. The molecule has 0 aliphatic heterocycles. The fourth-order valence-corrected chi connectivity index (χ4v) is 10.0. The summed E-state index contributed by atoms with van der Waals surface area (Å²) in [6.07, 6.45) is 0. The minimum atomic E-state index is 0.556. The van der Waals surface area contributed by atoms with E-state index < -0.39 is 0 Å². The summed E-state index contributed by atoms with van der Waals surface area (Å²) in [4.78, 5) is 16.1. The molecule has 64 heavy (non-hydrogen) atoms. The van der Waals surface area contributed by atoms with Gasteiger partial charge >= 0.3 is 0 Å². The van der Waals surface area contributed by atoms with Gasteiger partial charge in [-0.3, -0.25) is 0 Å². The van der Waals surface area contributed by atoms with Crippen molar-refractivity contribution in [3.05, 3.63) is 206 Å². The molecular weight excluding hydrogens is 781 g/mol. The molecule has 0 amide bonds. The van der Waals surface area contributed by atoms with E-state index in [1.807, 2.05) is 12.1 Å². The fraction of sp³-hybridized carbons (Fsp3) is 0. The summed E-state index contributed by atoms with van der Waals surface area (Å²) >= 11 is 0. The van der Waals surface area contributed by atoms with Gasteiger partial charge in [-0.25, -0.2) is 15.0 Å².